The minimum Gasteiger partial charge on any atom is -0.476 e. The van der Waals surface area contributed by atoms with Gasteiger partial charge in [-0.25, -0.2) is 0 Å². The van der Waals surface area contributed by atoms with Gasteiger partial charge >= 0.3 is 0 Å². The van der Waals surface area contributed by atoms with E-state index in [4.69, 9.17) is 4.74 Å². The summed E-state index contributed by atoms with van der Waals surface area (Å²) >= 11 is 0. The summed E-state index contributed by atoms with van der Waals surface area (Å²) in [7, 11) is 0. The molecule has 0 bridgehead atoms. The molecule has 3 heteroatoms. The lowest BCUT2D eigenvalue weighted by atomic mass is 10.2. The Kier molecular flexibility index (Phi) is 2.17. The molecule has 1 aromatic heterocycles. The summed E-state index contributed by atoms with van der Waals surface area (Å²) in [5.41, 5.74) is 2.11. The van der Waals surface area contributed by atoms with Crippen LogP contribution in [0.3, 0.4) is 0 Å². The third-order valence-corrected chi connectivity index (χ3v) is 2.37. The fourth-order valence-corrected chi connectivity index (χ4v) is 1.08. The highest BCUT2D eigenvalue weighted by Crippen LogP contribution is 2.29. The van der Waals surface area contributed by atoms with E-state index in [-0.39, 0.29) is 0 Å². The Labute approximate surface area is 78.1 Å². The molecule has 1 aliphatic rings. The highest BCUT2D eigenvalue weighted by atomic mass is 16.5. The van der Waals surface area contributed by atoms with Gasteiger partial charge in [-0.05, 0) is 38.2 Å². The van der Waals surface area contributed by atoms with E-state index in [1.54, 1.807) is 0 Å². The Bertz CT molecular complexity index is 308. The van der Waals surface area contributed by atoms with Crippen molar-refractivity contribution in [3.63, 3.8) is 0 Å². The van der Waals surface area contributed by atoms with Crippen molar-refractivity contribution in [2.24, 2.45) is 5.92 Å². The first-order valence-electron chi connectivity index (χ1n) is 4.69. The second kappa shape index (κ2) is 3.32. The molecule has 1 fully saturated rings. The van der Waals surface area contributed by atoms with Gasteiger partial charge in [0, 0.05) is 6.07 Å². The molecule has 1 aliphatic carbocycles. The van der Waals surface area contributed by atoms with Crippen molar-refractivity contribution >= 4 is 0 Å². The summed E-state index contributed by atoms with van der Waals surface area (Å²) < 4.78 is 5.49. The molecule has 1 heterocycles. The molecule has 2 rings (SSSR count). The summed E-state index contributed by atoms with van der Waals surface area (Å²) in [6, 6.07) is 1.95. The maximum atomic E-state index is 5.49. The Morgan fingerprint density at radius 2 is 2.15 bits per heavy atom. The minimum atomic E-state index is 0.662. The predicted molar refractivity (Wildman–Crippen MR) is 49.7 cm³/mol. The number of aryl methyl sites for hydroxylation is 2. The zero-order valence-corrected chi connectivity index (χ0v) is 8.08. The van der Waals surface area contributed by atoms with Crippen LogP contribution in [0.2, 0.25) is 0 Å². The van der Waals surface area contributed by atoms with Crippen LogP contribution >= 0.6 is 0 Å². The van der Waals surface area contributed by atoms with E-state index in [0.717, 1.165) is 23.8 Å². The average molecular weight is 178 g/mol. The molecule has 0 amide bonds. The van der Waals surface area contributed by atoms with Crippen LogP contribution in [-0.2, 0) is 0 Å². The second-order valence-electron chi connectivity index (χ2n) is 3.71. The van der Waals surface area contributed by atoms with Crippen LogP contribution in [0.5, 0.6) is 5.88 Å². The van der Waals surface area contributed by atoms with Crippen LogP contribution in [0.15, 0.2) is 6.07 Å². The lowest BCUT2D eigenvalue weighted by molar-refractivity contribution is 0.284. The molecule has 0 unspecified atom stereocenters. The van der Waals surface area contributed by atoms with Crippen molar-refractivity contribution < 1.29 is 4.74 Å². The van der Waals surface area contributed by atoms with E-state index < -0.39 is 0 Å². The van der Waals surface area contributed by atoms with Crippen molar-refractivity contribution in [3.8, 4) is 5.88 Å². The third-order valence-electron chi connectivity index (χ3n) is 2.37. The maximum Gasteiger partial charge on any atom is 0.233 e. The largest absolute Gasteiger partial charge is 0.476 e. The molecule has 0 spiro atoms. The minimum absolute atomic E-state index is 0.662. The van der Waals surface area contributed by atoms with E-state index >= 15 is 0 Å². The van der Waals surface area contributed by atoms with Crippen molar-refractivity contribution in [3.05, 3.63) is 17.3 Å². The van der Waals surface area contributed by atoms with E-state index in [2.05, 4.69) is 10.2 Å². The molecule has 0 radical (unpaired) electrons. The number of aromatic nitrogens is 2. The van der Waals surface area contributed by atoms with Gasteiger partial charge in [-0.1, -0.05) is 0 Å². The number of hydrogen-bond acceptors (Lipinski definition) is 3. The quantitative estimate of drug-likeness (QED) is 0.708. The van der Waals surface area contributed by atoms with Gasteiger partial charge in [-0.2, -0.15) is 5.10 Å². The molecule has 70 valence electrons. The Morgan fingerprint density at radius 3 is 2.77 bits per heavy atom. The van der Waals surface area contributed by atoms with E-state index in [1.807, 2.05) is 19.9 Å². The smallest absolute Gasteiger partial charge is 0.233 e. The van der Waals surface area contributed by atoms with Crippen molar-refractivity contribution in [2.45, 2.75) is 26.7 Å². The van der Waals surface area contributed by atoms with Crippen LogP contribution in [0.4, 0.5) is 0 Å². The SMILES string of the molecule is Cc1cc(OCC2CC2)nnc1C. The van der Waals surface area contributed by atoms with Crippen LogP contribution in [-0.4, -0.2) is 16.8 Å². The Morgan fingerprint density at radius 1 is 1.38 bits per heavy atom. The lowest BCUT2D eigenvalue weighted by Gasteiger charge is -2.04. The summed E-state index contributed by atoms with van der Waals surface area (Å²) in [5, 5.41) is 7.97. The van der Waals surface area contributed by atoms with E-state index in [0.29, 0.717) is 5.88 Å². The molecule has 0 atom stereocenters. The number of nitrogens with zero attached hydrogens (tertiary/aromatic N) is 2. The molecule has 1 saturated carbocycles. The van der Waals surface area contributed by atoms with Gasteiger partial charge in [-0.3, -0.25) is 0 Å². The van der Waals surface area contributed by atoms with Crippen LogP contribution in [0, 0.1) is 19.8 Å². The van der Waals surface area contributed by atoms with Crippen molar-refractivity contribution in [1.82, 2.24) is 10.2 Å². The Balaban J connectivity index is 1.98. The van der Waals surface area contributed by atoms with Crippen molar-refractivity contribution in [2.75, 3.05) is 6.61 Å². The number of hydrogen-bond donors (Lipinski definition) is 0. The van der Waals surface area contributed by atoms with Crippen molar-refractivity contribution in [1.29, 1.82) is 0 Å². The van der Waals surface area contributed by atoms with Crippen LogP contribution in [0.25, 0.3) is 0 Å². The standard InChI is InChI=1S/C10H14N2O/c1-7-5-10(12-11-8(7)2)13-6-9-3-4-9/h5,9H,3-4,6H2,1-2H3. The molecule has 0 saturated heterocycles. The fraction of sp³-hybridized carbons (Fsp3) is 0.600. The van der Waals surface area contributed by atoms with Gasteiger partial charge < -0.3 is 4.74 Å². The van der Waals surface area contributed by atoms with Gasteiger partial charge in [-0.15, -0.1) is 5.10 Å². The molecular weight excluding hydrogens is 164 g/mol. The van der Waals surface area contributed by atoms with Gasteiger partial charge in [0.25, 0.3) is 0 Å². The molecule has 0 N–H and O–H groups in total. The highest BCUT2D eigenvalue weighted by Gasteiger charge is 2.22. The Hall–Kier alpha value is -1.12. The van der Waals surface area contributed by atoms with E-state index in [9.17, 15) is 0 Å². The third kappa shape index (κ3) is 2.17. The number of ether oxygens (including phenoxy) is 1. The molecule has 13 heavy (non-hydrogen) atoms. The summed E-state index contributed by atoms with van der Waals surface area (Å²) in [6.45, 7) is 4.78. The zero-order chi connectivity index (χ0) is 9.26. The summed E-state index contributed by atoms with van der Waals surface area (Å²) in [5.74, 6) is 1.43. The van der Waals surface area contributed by atoms with Gasteiger partial charge in [0.15, 0.2) is 0 Å². The molecular formula is C10H14N2O. The summed E-state index contributed by atoms with van der Waals surface area (Å²) in [4.78, 5) is 0. The fourth-order valence-electron chi connectivity index (χ4n) is 1.08. The highest BCUT2D eigenvalue weighted by molar-refractivity contribution is 5.21. The normalized spacial score (nSPS) is 15.8. The van der Waals surface area contributed by atoms with Gasteiger partial charge in [0.2, 0.25) is 5.88 Å². The van der Waals surface area contributed by atoms with Gasteiger partial charge in [0.1, 0.15) is 0 Å². The first-order valence-corrected chi connectivity index (χ1v) is 4.69. The number of rotatable bonds is 3. The average Bonchev–Trinajstić information content (AvgIpc) is 2.91. The first kappa shape index (κ1) is 8.48. The van der Waals surface area contributed by atoms with Crippen LogP contribution in [0.1, 0.15) is 24.1 Å². The topological polar surface area (TPSA) is 35.0 Å². The lowest BCUT2D eigenvalue weighted by Crippen LogP contribution is -2.02. The monoisotopic (exact) mass is 178 g/mol. The zero-order valence-electron chi connectivity index (χ0n) is 8.08. The maximum absolute atomic E-state index is 5.49. The molecule has 0 aliphatic heterocycles. The predicted octanol–water partition coefficient (Wildman–Crippen LogP) is 1.88. The molecule has 1 aromatic rings. The molecule has 0 aromatic carbocycles. The second-order valence-corrected chi connectivity index (χ2v) is 3.71. The molecule has 3 nitrogen and oxygen atoms in total. The first-order chi connectivity index (χ1) is 6.25. The van der Waals surface area contributed by atoms with Crippen LogP contribution < -0.4 is 4.74 Å². The van der Waals surface area contributed by atoms with Gasteiger partial charge in [0.05, 0.1) is 12.3 Å². The van der Waals surface area contributed by atoms with E-state index in [1.165, 1.54) is 12.8 Å². The summed E-state index contributed by atoms with van der Waals surface area (Å²) in [6.07, 6.45) is 2.61.